The SMILES string of the molecule is C=CCCOC(=O)N(CCOCCO)[C@H]1CC(=NOC2CCCCO2)C2=C[C@H](CCCCO)[C@@H](CCCCO)[C@@H]3c4cc(Oc5cccc(C=O)c5)ccc4O[C@@]1(OCC=C)[C@H]23. The van der Waals surface area contributed by atoms with E-state index >= 15 is 0 Å². The predicted molar refractivity (Wildman–Crippen MR) is 232 cm³/mol. The van der Waals surface area contributed by atoms with E-state index in [-0.39, 0.29) is 77.0 Å². The summed E-state index contributed by atoms with van der Waals surface area (Å²) in [5, 5.41) is 34.3. The first kappa shape index (κ1) is 46.9. The number of rotatable bonds is 25. The summed E-state index contributed by atoms with van der Waals surface area (Å²) >= 11 is 0. The van der Waals surface area contributed by atoms with Crippen LogP contribution in [0.15, 0.2) is 84.6 Å². The van der Waals surface area contributed by atoms with Crippen molar-refractivity contribution < 1.29 is 58.2 Å². The Morgan fingerprint density at radius 1 is 0.952 bits per heavy atom. The van der Waals surface area contributed by atoms with Crippen LogP contribution in [0.4, 0.5) is 4.79 Å². The molecule has 1 unspecified atom stereocenters. The molecule has 2 aliphatic heterocycles. The van der Waals surface area contributed by atoms with Gasteiger partial charge in [0.2, 0.25) is 12.1 Å². The third-order valence-corrected chi connectivity index (χ3v) is 12.2. The maximum atomic E-state index is 14.4. The number of carbonyl (C=O) groups excluding carboxylic acids is 2. The van der Waals surface area contributed by atoms with Gasteiger partial charge in [-0.1, -0.05) is 48.4 Å². The largest absolute Gasteiger partial charge is 0.459 e. The minimum Gasteiger partial charge on any atom is -0.459 e. The van der Waals surface area contributed by atoms with Crippen LogP contribution in [0.1, 0.15) is 92.5 Å². The molecule has 62 heavy (non-hydrogen) atoms. The smallest absolute Gasteiger partial charge is 0.410 e. The van der Waals surface area contributed by atoms with E-state index in [1.165, 1.54) is 0 Å². The molecule has 1 saturated carbocycles. The number of hydrogen-bond acceptors (Lipinski definition) is 13. The molecule has 0 spiro atoms. The summed E-state index contributed by atoms with van der Waals surface area (Å²) in [7, 11) is 0. The predicted octanol–water partition coefficient (Wildman–Crippen LogP) is 7.48. The van der Waals surface area contributed by atoms with Crippen molar-refractivity contribution in [1.82, 2.24) is 4.90 Å². The van der Waals surface area contributed by atoms with Gasteiger partial charge in [0.25, 0.3) is 0 Å². The van der Waals surface area contributed by atoms with Gasteiger partial charge in [-0.25, -0.2) is 4.79 Å². The molecule has 7 atom stereocenters. The van der Waals surface area contributed by atoms with Gasteiger partial charge in [0.15, 0.2) is 0 Å². The van der Waals surface area contributed by atoms with Crippen molar-refractivity contribution in [2.75, 3.05) is 59.4 Å². The number of hydrogen-bond donors (Lipinski definition) is 3. The zero-order chi connectivity index (χ0) is 43.7. The summed E-state index contributed by atoms with van der Waals surface area (Å²) in [6.07, 6.45) is 12.8. The van der Waals surface area contributed by atoms with E-state index in [0.29, 0.717) is 60.8 Å². The van der Waals surface area contributed by atoms with Gasteiger partial charge < -0.3 is 48.6 Å². The van der Waals surface area contributed by atoms with Crippen LogP contribution in [0.3, 0.4) is 0 Å². The van der Waals surface area contributed by atoms with E-state index < -0.39 is 30.1 Å². The van der Waals surface area contributed by atoms with E-state index in [2.05, 4.69) is 19.2 Å². The molecule has 2 fully saturated rings. The summed E-state index contributed by atoms with van der Waals surface area (Å²) in [6.45, 7) is 8.78. The van der Waals surface area contributed by atoms with Crippen LogP contribution in [0.5, 0.6) is 17.2 Å². The molecule has 2 aromatic rings. The highest BCUT2D eigenvalue weighted by molar-refractivity contribution is 6.03. The second kappa shape index (κ2) is 23.8. The van der Waals surface area contributed by atoms with Crippen LogP contribution in [-0.4, -0.2) is 116 Å². The third kappa shape index (κ3) is 11.3. The lowest BCUT2D eigenvalue weighted by Gasteiger charge is -2.59. The number of aliphatic hydroxyl groups is 3. The Morgan fingerprint density at radius 2 is 1.77 bits per heavy atom. The summed E-state index contributed by atoms with van der Waals surface area (Å²) in [4.78, 5) is 33.9. The Kier molecular flexibility index (Phi) is 18.0. The summed E-state index contributed by atoms with van der Waals surface area (Å²) < 4.78 is 38.3. The van der Waals surface area contributed by atoms with Gasteiger partial charge in [-0.05, 0) is 92.7 Å². The molecule has 1 amide bonds. The Hall–Kier alpha value is -4.57. The molecule has 2 aliphatic carbocycles. The zero-order valence-electron chi connectivity index (χ0n) is 35.8. The number of amides is 1. The molecule has 1 saturated heterocycles. The topological polar surface area (TPSA) is 175 Å². The molecular formula is C48H64N2O12. The highest BCUT2D eigenvalue weighted by atomic mass is 16.8. The van der Waals surface area contributed by atoms with Crippen molar-refractivity contribution in [2.24, 2.45) is 22.9 Å². The Balaban J connectivity index is 1.57. The van der Waals surface area contributed by atoms with E-state index in [1.54, 1.807) is 41.3 Å². The number of ether oxygens (including phenoxy) is 6. The van der Waals surface area contributed by atoms with Crippen molar-refractivity contribution in [1.29, 1.82) is 0 Å². The monoisotopic (exact) mass is 860 g/mol. The molecule has 0 bridgehead atoms. The number of aldehydes is 1. The quantitative estimate of drug-likeness (QED) is 0.0389. The lowest BCUT2D eigenvalue weighted by molar-refractivity contribution is -0.256. The second-order valence-electron chi connectivity index (χ2n) is 16.2. The van der Waals surface area contributed by atoms with Gasteiger partial charge in [0.05, 0.1) is 51.3 Å². The summed E-state index contributed by atoms with van der Waals surface area (Å²) in [5.74, 6) is -0.762. The first-order valence-corrected chi connectivity index (χ1v) is 22.2. The first-order valence-electron chi connectivity index (χ1n) is 22.2. The fourth-order valence-electron chi connectivity index (χ4n) is 9.43. The minimum absolute atomic E-state index is 0.0135. The molecule has 3 N–H and O–H groups in total. The molecule has 2 aromatic carbocycles. The Labute approximate surface area is 365 Å². The van der Waals surface area contributed by atoms with Crippen LogP contribution in [-0.2, 0) is 23.8 Å². The fraction of sp³-hybridized carbons (Fsp3) is 0.562. The second-order valence-corrected chi connectivity index (χ2v) is 16.2. The molecule has 14 heteroatoms. The van der Waals surface area contributed by atoms with Crippen LogP contribution >= 0.6 is 0 Å². The number of benzene rings is 2. The van der Waals surface area contributed by atoms with Crippen LogP contribution in [0.25, 0.3) is 0 Å². The van der Waals surface area contributed by atoms with Crippen molar-refractivity contribution >= 4 is 18.1 Å². The lowest BCUT2D eigenvalue weighted by atomic mass is 9.55. The number of fused-ring (bicyclic) bond motifs is 2. The first-order chi connectivity index (χ1) is 30.4. The maximum absolute atomic E-state index is 14.4. The number of unbranched alkanes of at least 4 members (excludes halogenated alkanes) is 2. The highest BCUT2D eigenvalue weighted by Gasteiger charge is 2.65. The van der Waals surface area contributed by atoms with Crippen molar-refractivity contribution in [2.45, 2.75) is 94.7 Å². The molecule has 6 rings (SSSR count). The normalized spacial score (nSPS) is 25.7. The van der Waals surface area contributed by atoms with E-state index in [4.69, 9.17) is 38.4 Å². The van der Waals surface area contributed by atoms with Gasteiger partial charge in [-0.3, -0.25) is 9.69 Å². The highest BCUT2D eigenvalue weighted by Crippen LogP contribution is 2.62. The van der Waals surface area contributed by atoms with Crippen LogP contribution in [0.2, 0.25) is 0 Å². The zero-order valence-corrected chi connectivity index (χ0v) is 35.8. The number of nitrogens with zero attached hydrogens (tertiary/aromatic N) is 2. The van der Waals surface area contributed by atoms with Gasteiger partial charge >= 0.3 is 6.09 Å². The van der Waals surface area contributed by atoms with Gasteiger partial charge in [-0.2, -0.15) is 0 Å². The molecule has 2 heterocycles. The van der Waals surface area contributed by atoms with Crippen LogP contribution in [0, 0.1) is 17.8 Å². The standard InChI is InChI=1S/C48H64N2O12/c1-3-5-25-58-47(55)50(20-27-56-28-23-53)43-32-41(49-62-44-17-8-11-26-57-44)39-30-35(14-6-9-21-51)38(16-7-10-22-52)45-40-31-37(60-36-15-12-13-34(29-36)33-54)18-19-42(40)61-48(43,46(39)45)59-24-4-2/h3-4,12-13,15,18-19,29-31,33,35,38,43-46,51-53H,1-2,5-11,14,16-17,20-28,32H2/t35-,38+,43-,44?,45+,46+,48+/m0/s1. The van der Waals surface area contributed by atoms with Crippen molar-refractivity contribution in [3.63, 3.8) is 0 Å². The molecule has 0 radical (unpaired) electrons. The van der Waals surface area contributed by atoms with E-state index in [1.807, 2.05) is 18.2 Å². The van der Waals surface area contributed by atoms with Gasteiger partial charge in [0.1, 0.15) is 29.6 Å². The van der Waals surface area contributed by atoms with Gasteiger partial charge in [0, 0.05) is 49.6 Å². The van der Waals surface area contributed by atoms with E-state index in [9.17, 15) is 24.9 Å². The average Bonchev–Trinajstić information content (AvgIpc) is 3.29. The average molecular weight is 861 g/mol. The minimum atomic E-state index is -1.52. The lowest BCUT2D eigenvalue weighted by Crippen LogP contribution is -2.70. The van der Waals surface area contributed by atoms with E-state index in [0.717, 1.165) is 55.9 Å². The number of carbonyl (C=O) groups is 2. The van der Waals surface area contributed by atoms with Gasteiger partial charge in [-0.15, -0.1) is 13.2 Å². The molecule has 14 nitrogen and oxygen atoms in total. The summed E-state index contributed by atoms with van der Waals surface area (Å²) in [5.41, 5.74) is 2.88. The molecule has 338 valence electrons. The number of oxime groups is 1. The Bertz CT molecular complexity index is 1850. The molecule has 0 aromatic heterocycles. The Morgan fingerprint density at radius 3 is 2.52 bits per heavy atom. The van der Waals surface area contributed by atoms with Crippen LogP contribution < -0.4 is 9.47 Å². The van der Waals surface area contributed by atoms with Crippen molar-refractivity contribution in [3.8, 4) is 17.2 Å². The number of aliphatic hydroxyl groups excluding tert-OH is 3. The van der Waals surface area contributed by atoms with Crippen molar-refractivity contribution in [3.05, 3.63) is 90.6 Å². The number of allylic oxidation sites excluding steroid dienone is 1. The fourth-order valence-corrected chi connectivity index (χ4v) is 9.43. The third-order valence-electron chi connectivity index (χ3n) is 12.2. The molecule has 4 aliphatic rings. The summed E-state index contributed by atoms with van der Waals surface area (Å²) in [6, 6.07) is 11.8. The molecular weight excluding hydrogens is 797 g/mol. The maximum Gasteiger partial charge on any atom is 0.410 e.